The third-order valence-electron chi connectivity index (χ3n) is 4.49. The third kappa shape index (κ3) is 2.20. The molecule has 124 valence electrons. The van der Waals surface area contributed by atoms with Crippen LogP contribution in [0.25, 0.3) is 5.78 Å². The number of rotatable bonds is 2. The van der Waals surface area contributed by atoms with E-state index >= 15 is 0 Å². The van der Waals surface area contributed by atoms with Crippen molar-refractivity contribution in [2.45, 2.75) is 33.1 Å². The molecule has 4 rings (SSSR count). The number of hydrogen-bond acceptors (Lipinski definition) is 6. The first-order valence-electron chi connectivity index (χ1n) is 7.85. The largest absolute Gasteiger partial charge is 0.366 e. The lowest BCUT2D eigenvalue weighted by atomic mass is 10.1. The highest BCUT2D eigenvalue weighted by Crippen LogP contribution is 2.26. The van der Waals surface area contributed by atoms with Crippen LogP contribution in [0.3, 0.4) is 0 Å². The highest BCUT2D eigenvalue weighted by atomic mass is 16.2. The van der Waals surface area contributed by atoms with Gasteiger partial charge in [0.1, 0.15) is 0 Å². The molecule has 0 fully saturated rings. The Bertz CT molecular complexity index is 940. The fourth-order valence-electron chi connectivity index (χ4n) is 3.24. The van der Waals surface area contributed by atoms with Crippen molar-refractivity contribution in [1.82, 2.24) is 29.8 Å². The number of anilines is 2. The molecule has 0 atom stereocenters. The summed E-state index contributed by atoms with van der Waals surface area (Å²) < 4.78 is 1.59. The quantitative estimate of drug-likeness (QED) is 0.711. The molecule has 0 radical (unpaired) electrons. The van der Waals surface area contributed by atoms with Crippen molar-refractivity contribution in [2.75, 3.05) is 17.2 Å². The lowest BCUT2D eigenvalue weighted by Crippen LogP contribution is -2.36. The van der Waals surface area contributed by atoms with E-state index in [0.29, 0.717) is 12.3 Å². The molecule has 0 aliphatic carbocycles. The maximum atomic E-state index is 12.9. The fraction of sp³-hybridized carbons (Fsp3) is 0.400. The minimum Gasteiger partial charge on any atom is -0.366 e. The summed E-state index contributed by atoms with van der Waals surface area (Å²) in [5.74, 6) is 0.652. The molecule has 3 aromatic rings. The molecule has 1 aliphatic heterocycles. The number of fused-ring (bicyclic) bond motifs is 2. The van der Waals surface area contributed by atoms with Gasteiger partial charge in [-0.25, -0.2) is 4.98 Å². The van der Waals surface area contributed by atoms with Crippen LogP contribution in [-0.2, 0) is 17.6 Å². The standard InChI is InChI=1S/C15H18N8O/c1-8-10(9(2)23-15(18-8)19-14(16)21-23)6-13(24)22-5-3-4-11-12(22)7-17-20-11/h7H,3-6H2,1-2H3,(H2,16,21)(H,17,20). The molecular weight excluding hydrogens is 308 g/mol. The van der Waals surface area contributed by atoms with Crippen molar-refractivity contribution in [3.05, 3.63) is 28.8 Å². The number of nitrogens with one attached hydrogen (secondary N) is 1. The van der Waals surface area contributed by atoms with Crippen LogP contribution in [0.2, 0.25) is 0 Å². The van der Waals surface area contributed by atoms with E-state index in [1.807, 2.05) is 13.8 Å². The lowest BCUT2D eigenvalue weighted by molar-refractivity contribution is -0.118. The number of aryl methyl sites for hydroxylation is 3. The Morgan fingerprint density at radius 1 is 1.38 bits per heavy atom. The van der Waals surface area contributed by atoms with Gasteiger partial charge in [-0.05, 0) is 26.7 Å². The molecule has 9 nitrogen and oxygen atoms in total. The van der Waals surface area contributed by atoms with Gasteiger partial charge < -0.3 is 10.6 Å². The molecule has 9 heteroatoms. The summed E-state index contributed by atoms with van der Waals surface area (Å²) in [6, 6.07) is 0. The van der Waals surface area contributed by atoms with Crippen molar-refractivity contribution < 1.29 is 4.79 Å². The first kappa shape index (κ1) is 14.6. The molecular formula is C15H18N8O. The minimum absolute atomic E-state index is 0.0257. The van der Waals surface area contributed by atoms with E-state index in [4.69, 9.17) is 5.73 Å². The molecule has 24 heavy (non-hydrogen) atoms. The fourth-order valence-corrected chi connectivity index (χ4v) is 3.24. The Morgan fingerprint density at radius 2 is 2.21 bits per heavy atom. The minimum atomic E-state index is 0.0257. The number of amides is 1. The average molecular weight is 326 g/mol. The molecule has 0 unspecified atom stereocenters. The van der Waals surface area contributed by atoms with Crippen LogP contribution in [0.4, 0.5) is 11.6 Å². The Kier molecular flexibility index (Phi) is 3.22. The predicted molar refractivity (Wildman–Crippen MR) is 87.6 cm³/mol. The number of carbonyl (C=O) groups is 1. The smallest absolute Gasteiger partial charge is 0.254 e. The zero-order valence-corrected chi connectivity index (χ0v) is 13.6. The van der Waals surface area contributed by atoms with E-state index in [9.17, 15) is 4.79 Å². The number of nitrogens with zero attached hydrogens (tertiary/aromatic N) is 6. The number of nitrogen functional groups attached to an aromatic ring is 1. The van der Waals surface area contributed by atoms with Gasteiger partial charge in [-0.1, -0.05) is 0 Å². The van der Waals surface area contributed by atoms with Crippen molar-refractivity contribution >= 4 is 23.3 Å². The topological polar surface area (TPSA) is 118 Å². The SMILES string of the molecule is Cc1nc2nc(N)nn2c(C)c1CC(=O)N1CCCc2[nH]ncc21. The van der Waals surface area contributed by atoms with Gasteiger partial charge in [0.2, 0.25) is 11.9 Å². The van der Waals surface area contributed by atoms with E-state index in [2.05, 4.69) is 25.3 Å². The molecule has 1 aliphatic rings. The van der Waals surface area contributed by atoms with Gasteiger partial charge in [-0.3, -0.25) is 9.89 Å². The van der Waals surface area contributed by atoms with Gasteiger partial charge in [-0.2, -0.15) is 14.6 Å². The van der Waals surface area contributed by atoms with E-state index in [0.717, 1.165) is 41.2 Å². The van der Waals surface area contributed by atoms with Gasteiger partial charge >= 0.3 is 0 Å². The van der Waals surface area contributed by atoms with Crippen LogP contribution in [-0.4, -0.2) is 42.2 Å². The highest BCUT2D eigenvalue weighted by Gasteiger charge is 2.25. The number of hydrogen-bond donors (Lipinski definition) is 2. The number of aromatic amines is 1. The number of nitrogens with two attached hydrogens (primary N) is 1. The van der Waals surface area contributed by atoms with Crippen molar-refractivity contribution in [2.24, 2.45) is 0 Å². The number of carbonyl (C=O) groups excluding carboxylic acids is 1. The van der Waals surface area contributed by atoms with Crippen LogP contribution >= 0.6 is 0 Å². The predicted octanol–water partition coefficient (Wildman–Crippen LogP) is 0.568. The summed E-state index contributed by atoms with van der Waals surface area (Å²) in [5, 5.41) is 11.2. The molecule has 0 bridgehead atoms. The van der Waals surface area contributed by atoms with Crippen LogP contribution < -0.4 is 10.6 Å². The average Bonchev–Trinajstić information content (AvgIpc) is 3.16. The van der Waals surface area contributed by atoms with E-state index < -0.39 is 0 Å². The molecule has 4 heterocycles. The van der Waals surface area contributed by atoms with E-state index in [1.54, 1.807) is 15.6 Å². The highest BCUT2D eigenvalue weighted by molar-refractivity contribution is 5.95. The Labute approximate surface area is 137 Å². The maximum Gasteiger partial charge on any atom is 0.254 e. The number of aromatic nitrogens is 6. The third-order valence-corrected chi connectivity index (χ3v) is 4.49. The van der Waals surface area contributed by atoms with Crippen molar-refractivity contribution in [3.63, 3.8) is 0 Å². The molecule has 3 N–H and O–H groups in total. The van der Waals surface area contributed by atoms with Crippen molar-refractivity contribution in [3.8, 4) is 0 Å². The molecule has 1 amide bonds. The van der Waals surface area contributed by atoms with Crippen LogP contribution in [0.15, 0.2) is 6.20 Å². The molecule has 0 aromatic carbocycles. The molecule has 0 saturated heterocycles. The second kappa shape index (κ2) is 5.29. The van der Waals surface area contributed by atoms with Crippen LogP contribution in [0.1, 0.15) is 29.1 Å². The summed E-state index contributed by atoms with van der Waals surface area (Å²) in [7, 11) is 0. The number of H-pyrrole nitrogens is 1. The molecule has 0 spiro atoms. The first-order chi connectivity index (χ1) is 11.5. The lowest BCUT2D eigenvalue weighted by Gasteiger charge is -2.26. The van der Waals surface area contributed by atoms with Gasteiger partial charge in [0.05, 0.1) is 24.0 Å². The van der Waals surface area contributed by atoms with Gasteiger partial charge in [-0.15, -0.1) is 5.10 Å². The van der Waals surface area contributed by atoms with Crippen LogP contribution in [0.5, 0.6) is 0 Å². The zero-order valence-electron chi connectivity index (χ0n) is 13.6. The Hall–Kier alpha value is -2.97. The monoisotopic (exact) mass is 326 g/mol. The van der Waals surface area contributed by atoms with Crippen molar-refractivity contribution in [1.29, 1.82) is 0 Å². The first-order valence-corrected chi connectivity index (χ1v) is 7.85. The van der Waals surface area contributed by atoms with E-state index in [1.165, 1.54) is 0 Å². The summed E-state index contributed by atoms with van der Waals surface area (Å²) in [6.45, 7) is 4.48. The second-order valence-corrected chi connectivity index (χ2v) is 6.00. The Morgan fingerprint density at radius 3 is 3.04 bits per heavy atom. The van der Waals surface area contributed by atoms with Crippen LogP contribution in [0, 0.1) is 13.8 Å². The zero-order chi connectivity index (χ0) is 16.8. The summed E-state index contributed by atoms with van der Waals surface area (Å²) >= 11 is 0. The van der Waals surface area contributed by atoms with E-state index in [-0.39, 0.29) is 18.3 Å². The second-order valence-electron chi connectivity index (χ2n) is 6.00. The van der Waals surface area contributed by atoms with Gasteiger partial charge in [0, 0.05) is 23.5 Å². The Balaban J connectivity index is 1.69. The summed E-state index contributed by atoms with van der Waals surface area (Å²) in [5.41, 5.74) is 10.00. The van der Waals surface area contributed by atoms with Gasteiger partial charge in [0.15, 0.2) is 0 Å². The normalized spacial score (nSPS) is 14.2. The summed E-state index contributed by atoms with van der Waals surface area (Å²) in [6.07, 6.45) is 3.81. The molecule has 3 aromatic heterocycles. The maximum absolute atomic E-state index is 12.9. The molecule has 0 saturated carbocycles. The van der Waals surface area contributed by atoms with Gasteiger partial charge in [0.25, 0.3) is 5.78 Å². The summed E-state index contributed by atoms with van der Waals surface area (Å²) in [4.78, 5) is 23.1.